The lowest BCUT2D eigenvalue weighted by atomic mass is 9.94. The summed E-state index contributed by atoms with van der Waals surface area (Å²) in [5.41, 5.74) is 8.88. The van der Waals surface area contributed by atoms with Crippen molar-refractivity contribution in [3.8, 4) is 0 Å². The van der Waals surface area contributed by atoms with Crippen LogP contribution in [0.5, 0.6) is 0 Å². The fraction of sp³-hybridized carbons (Fsp3) is 0.273. The Morgan fingerprint density at radius 2 is 1.90 bits per heavy atom. The second-order valence-electron chi connectivity index (χ2n) is 7.75. The van der Waals surface area contributed by atoms with E-state index >= 15 is 0 Å². The van der Waals surface area contributed by atoms with Crippen molar-refractivity contribution < 1.29 is 4.79 Å². The zero-order valence-corrected chi connectivity index (χ0v) is 16.8. The van der Waals surface area contributed by atoms with Gasteiger partial charge in [0.15, 0.2) is 5.82 Å². The van der Waals surface area contributed by atoms with Crippen LogP contribution in [0.2, 0.25) is 0 Å². The molecule has 0 aliphatic heterocycles. The van der Waals surface area contributed by atoms with Crippen molar-refractivity contribution in [3.63, 3.8) is 0 Å². The summed E-state index contributed by atoms with van der Waals surface area (Å²) < 4.78 is 1.95. The highest BCUT2D eigenvalue weighted by atomic mass is 16.1. The smallest absolute Gasteiger partial charge is 0.251 e. The van der Waals surface area contributed by atoms with Crippen LogP contribution in [0, 0.1) is 0 Å². The minimum Gasteiger partial charge on any atom is -0.382 e. The number of pyridine rings is 2. The molecule has 3 heterocycles. The number of anilines is 1. The van der Waals surface area contributed by atoms with Crippen LogP contribution in [0.1, 0.15) is 36.8 Å². The van der Waals surface area contributed by atoms with E-state index < -0.39 is 5.54 Å². The van der Waals surface area contributed by atoms with E-state index in [-0.39, 0.29) is 5.91 Å². The summed E-state index contributed by atoms with van der Waals surface area (Å²) in [7, 11) is 0. The first-order valence-corrected chi connectivity index (χ1v) is 9.66. The number of carbonyl (C=O) groups is 1. The molecule has 3 N–H and O–H groups in total. The van der Waals surface area contributed by atoms with Gasteiger partial charge in [-0.2, -0.15) is 5.10 Å². The quantitative estimate of drug-likeness (QED) is 0.546. The van der Waals surface area contributed by atoms with Crippen LogP contribution < -0.4 is 11.1 Å². The van der Waals surface area contributed by atoms with Crippen molar-refractivity contribution in [2.75, 3.05) is 5.73 Å². The lowest BCUT2D eigenvalue weighted by Gasteiger charge is -2.27. The second-order valence-corrected chi connectivity index (χ2v) is 7.75. The fourth-order valence-corrected chi connectivity index (χ4v) is 3.71. The van der Waals surface area contributed by atoms with Crippen molar-refractivity contribution in [1.29, 1.82) is 0 Å². The molecule has 0 saturated carbocycles. The van der Waals surface area contributed by atoms with E-state index in [1.54, 1.807) is 24.5 Å². The number of nitrogen functional groups attached to an aromatic ring is 1. The largest absolute Gasteiger partial charge is 0.382 e. The molecule has 148 valence electrons. The molecular formula is C22H24N6O. The van der Waals surface area contributed by atoms with Crippen LogP contribution in [0.3, 0.4) is 0 Å². The summed E-state index contributed by atoms with van der Waals surface area (Å²) in [6.45, 7) is 6.77. The first-order valence-electron chi connectivity index (χ1n) is 9.66. The molecule has 29 heavy (non-hydrogen) atoms. The molecule has 0 saturated heterocycles. The Morgan fingerprint density at radius 3 is 2.62 bits per heavy atom. The number of fused-ring (bicyclic) bond motifs is 3. The van der Waals surface area contributed by atoms with Crippen LogP contribution in [0.25, 0.3) is 21.8 Å². The number of aromatic nitrogens is 4. The van der Waals surface area contributed by atoms with E-state index in [2.05, 4.69) is 15.3 Å². The standard InChI is InChI=1S/C22H24N6O/c1-4-28-17(13-22(2,3)26-21(29)14-9-11-24-12-10-14)18-15-7-5-6-8-16(15)25-20(23)19(18)27-28/h5-12H,4,13H2,1-3H3,(H2,23,25)(H,26,29). The highest BCUT2D eigenvalue weighted by molar-refractivity contribution is 6.09. The average molecular weight is 388 g/mol. The predicted octanol–water partition coefficient (Wildman–Crippen LogP) is 3.33. The van der Waals surface area contributed by atoms with Crippen molar-refractivity contribution in [3.05, 3.63) is 60.0 Å². The Kier molecular flexibility index (Phi) is 4.66. The molecule has 3 aromatic heterocycles. The summed E-state index contributed by atoms with van der Waals surface area (Å²) in [4.78, 5) is 21.2. The lowest BCUT2D eigenvalue weighted by molar-refractivity contribution is 0.0912. The van der Waals surface area contributed by atoms with Gasteiger partial charge >= 0.3 is 0 Å². The Balaban J connectivity index is 1.78. The van der Waals surface area contributed by atoms with Crippen molar-refractivity contribution in [2.45, 2.75) is 39.3 Å². The van der Waals surface area contributed by atoms with Gasteiger partial charge in [-0.3, -0.25) is 14.5 Å². The molecule has 0 radical (unpaired) electrons. The number of hydrogen-bond donors (Lipinski definition) is 2. The van der Waals surface area contributed by atoms with Gasteiger partial charge in [-0.1, -0.05) is 18.2 Å². The molecule has 1 amide bonds. The molecule has 0 atom stereocenters. The predicted molar refractivity (Wildman–Crippen MR) is 115 cm³/mol. The molecule has 1 aromatic carbocycles. The SMILES string of the molecule is CCn1nc2c(N)nc3ccccc3c2c1CC(C)(C)NC(=O)c1ccncc1. The number of aryl methyl sites for hydroxylation is 1. The van der Waals surface area contributed by atoms with Gasteiger partial charge in [0.05, 0.1) is 5.52 Å². The number of para-hydroxylation sites is 1. The van der Waals surface area contributed by atoms with Gasteiger partial charge in [0.1, 0.15) is 5.52 Å². The zero-order chi connectivity index (χ0) is 20.6. The molecule has 0 spiro atoms. The van der Waals surface area contributed by atoms with Crippen LogP contribution in [-0.4, -0.2) is 31.2 Å². The van der Waals surface area contributed by atoms with Gasteiger partial charge in [-0.05, 0) is 39.0 Å². The van der Waals surface area contributed by atoms with E-state index in [4.69, 9.17) is 10.8 Å². The topological polar surface area (TPSA) is 98.7 Å². The lowest BCUT2D eigenvalue weighted by Crippen LogP contribution is -2.45. The average Bonchev–Trinajstić information content (AvgIpc) is 3.07. The van der Waals surface area contributed by atoms with Crippen molar-refractivity contribution >= 4 is 33.5 Å². The monoisotopic (exact) mass is 388 g/mol. The van der Waals surface area contributed by atoms with Crippen molar-refractivity contribution in [2.24, 2.45) is 0 Å². The van der Waals surface area contributed by atoms with E-state index in [1.807, 2.05) is 49.7 Å². The molecule has 4 aromatic rings. The summed E-state index contributed by atoms with van der Waals surface area (Å²) in [5, 5.41) is 9.86. The van der Waals surface area contributed by atoms with Crippen molar-refractivity contribution in [1.82, 2.24) is 25.1 Å². The molecule has 0 fully saturated rings. The molecular weight excluding hydrogens is 364 g/mol. The molecule has 0 bridgehead atoms. The van der Waals surface area contributed by atoms with Gasteiger partial charge in [0.25, 0.3) is 5.91 Å². The Morgan fingerprint density at radius 1 is 1.17 bits per heavy atom. The summed E-state index contributed by atoms with van der Waals surface area (Å²) in [5.74, 6) is 0.293. The highest BCUT2D eigenvalue weighted by Crippen LogP contribution is 2.32. The van der Waals surface area contributed by atoms with Crippen LogP contribution in [0.4, 0.5) is 5.82 Å². The Labute approximate surface area is 169 Å². The van der Waals surface area contributed by atoms with E-state index in [9.17, 15) is 4.79 Å². The Bertz CT molecular complexity index is 1200. The number of nitrogens with one attached hydrogen (secondary N) is 1. The zero-order valence-electron chi connectivity index (χ0n) is 16.8. The maximum Gasteiger partial charge on any atom is 0.251 e. The molecule has 7 nitrogen and oxygen atoms in total. The van der Waals surface area contributed by atoms with Crippen LogP contribution in [0.15, 0.2) is 48.8 Å². The molecule has 0 aliphatic carbocycles. The third-order valence-electron chi connectivity index (χ3n) is 5.02. The first kappa shape index (κ1) is 18.9. The van der Waals surface area contributed by atoms with Crippen LogP contribution >= 0.6 is 0 Å². The summed E-state index contributed by atoms with van der Waals surface area (Å²) in [6, 6.07) is 11.3. The van der Waals surface area contributed by atoms with E-state index in [0.717, 1.165) is 22.0 Å². The molecule has 4 rings (SSSR count). The van der Waals surface area contributed by atoms with Gasteiger partial charge in [0, 0.05) is 52.9 Å². The van der Waals surface area contributed by atoms with Gasteiger partial charge in [-0.25, -0.2) is 4.98 Å². The van der Waals surface area contributed by atoms with E-state index in [0.29, 0.717) is 29.9 Å². The minimum atomic E-state index is -0.501. The number of rotatable bonds is 5. The maximum absolute atomic E-state index is 12.7. The summed E-state index contributed by atoms with van der Waals surface area (Å²) >= 11 is 0. The number of benzene rings is 1. The van der Waals surface area contributed by atoms with Gasteiger partial charge in [-0.15, -0.1) is 0 Å². The Hall–Kier alpha value is -3.48. The maximum atomic E-state index is 12.7. The normalized spacial score (nSPS) is 11.8. The number of carbonyl (C=O) groups excluding carboxylic acids is 1. The summed E-state index contributed by atoms with van der Waals surface area (Å²) in [6.07, 6.45) is 3.83. The second kappa shape index (κ2) is 7.16. The third kappa shape index (κ3) is 3.51. The van der Waals surface area contributed by atoms with Crippen LogP contribution in [-0.2, 0) is 13.0 Å². The van der Waals surface area contributed by atoms with Gasteiger partial charge < -0.3 is 11.1 Å². The number of nitrogens with two attached hydrogens (primary N) is 1. The molecule has 0 aliphatic rings. The molecule has 0 unspecified atom stereocenters. The van der Waals surface area contributed by atoms with Gasteiger partial charge in [0.2, 0.25) is 0 Å². The highest BCUT2D eigenvalue weighted by Gasteiger charge is 2.27. The minimum absolute atomic E-state index is 0.129. The molecule has 7 heteroatoms. The number of nitrogens with zero attached hydrogens (tertiary/aromatic N) is 4. The number of amides is 1. The van der Waals surface area contributed by atoms with E-state index in [1.165, 1.54) is 0 Å². The fourth-order valence-electron chi connectivity index (χ4n) is 3.71. The number of hydrogen-bond acceptors (Lipinski definition) is 5. The third-order valence-corrected chi connectivity index (χ3v) is 5.02. The first-order chi connectivity index (χ1) is 13.9.